The van der Waals surface area contributed by atoms with Crippen molar-refractivity contribution in [3.05, 3.63) is 24.3 Å². The molecule has 0 radical (unpaired) electrons. The highest BCUT2D eigenvalue weighted by Gasteiger charge is 2.46. The molecular weight excluding hydrogens is 486 g/mol. The second-order valence-corrected chi connectivity index (χ2v) is 12.0. The number of hydrogen-bond donors (Lipinski definition) is 3. The minimum absolute atomic E-state index is 0.110. The Morgan fingerprint density at radius 1 is 0.789 bits per heavy atom. The van der Waals surface area contributed by atoms with E-state index in [0.29, 0.717) is 30.7 Å². The van der Waals surface area contributed by atoms with Crippen molar-refractivity contribution in [1.82, 2.24) is 4.90 Å². The Hall–Kier alpha value is -2.94. The molecule has 0 aromatic heterocycles. The Morgan fingerprint density at radius 3 is 1.89 bits per heavy atom. The lowest BCUT2D eigenvalue weighted by molar-refractivity contribution is -0.149. The van der Waals surface area contributed by atoms with Crippen LogP contribution in [0.5, 0.6) is 0 Å². The fourth-order valence-electron chi connectivity index (χ4n) is 7.67. The van der Waals surface area contributed by atoms with Gasteiger partial charge in [-0.25, -0.2) is 9.59 Å². The van der Waals surface area contributed by atoms with Gasteiger partial charge in [-0.05, 0) is 81.3 Å². The smallest absolute Gasteiger partial charge is 0.394 e. The molecule has 2 saturated heterocycles. The maximum atomic E-state index is 13.1. The highest BCUT2D eigenvalue weighted by Crippen LogP contribution is 2.43. The zero-order valence-electron chi connectivity index (χ0n) is 22.6. The predicted molar refractivity (Wildman–Crippen MR) is 144 cm³/mol. The second kappa shape index (κ2) is 11.8. The molecule has 2 bridgehead atoms. The van der Waals surface area contributed by atoms with Crippen molar-refractivity contribution in [2.75, 3.05) is 10.2 Å². The van der Waals surface area contributed by atoms with E-state index in [1.165, 1.54) is 23.8 Å². The van der Waals surface area contributed by atoms with Crippen molar-refractivity contribution in [3.8, 4) is 0 Å². The summed E-state index contributed by atoms with van der Waals surface area (Å²) in [6.45, 7) is 7.08. The highest BCUT2D eigenvalue weighted by molar-refractivity contribution is 6.39. The van der Waals surface area contributed by atoms with Crippen molar-refractivity contribution in [2.24, 2.45) is 17.8 Å². The molecule has 2 heterocycles. The van der Waals surface area contributed by atoms with Crippen LogP contribution in [-0.2, 0) is 19.2 Å². The van der Waals surface area contributed by atoms with Gasteiger partial charge in [-0.1, -0.05) is 39.3 Å². The number of para-hydroxylation sites is 2. The lowest BCUT2D eigenvalue weighted by Gasteiger charge is -2.55. The molecule has 0 unspecified atom stereocenters. The first-order valence-electron chi connectivity index (χ1n) is 14.0. The van der Waals surface area contributed by atoms with Gasteiger partial charge in [-0.15, -0.1) is 0 Å². The number of carboxylic acid groups (broad SMARTS) is 2. The second-order valence-electron chi connectivity index (χ2n) is 12.0. The van der Waals surface area contributed by atoms with Crippen LogP contribution in [0.25, 0.3) is 0 Å². The molecule has 208 valence electrons. The number of aliphatic carboxylic acids is 2. The zero-order chi connectivity index (χ0) is 27.6. The van der Waals surface area contributed by atoms with E-state index in [0.717, 1.165) is 38.0 Å². The zero-order valence-corrected chi connectivity index (χ0v) is 22.6. The third-order valence-corrected chi connectivity index (χ3v) is 8.76. The Labute approximate surface area is 224 Å². The van der Waals surface area contributed by atoms with Gasteiger partial charge in [-0.3, -0.25) is 19.4 Å². The first-order valence-corrected chi connectivity index (χ1v) is 14.0. The third kappa shape index (κ3) is 6.20. The van der Waals surface area contributed by atoms with E-state index in [1.807, 2.05) is 0 Å². The van der Waals surface area contributed by atoms with Crippen molar-refractivity contribution in [3.63, 3.8) is 0 Å². The van der Waals surface area contributed by atoms with Crippen LogP contribution >= 0.6 is 0 Å². The first-order chi connectivity index (χ1) is 18.0. The Kier molecular flexibility index (Phi) is 8.75. The Morgan fingerprint density at radius 2 is 1.34 bits per heavy atom. The number of rotatable bonds is 4. The summed E-state index contributed by atoms with van der Waals surface area (Å²) in [5.74, 6) is -3.51. The van der Waals surface area contributed by atoms with Gasteiger partial charge in [0.05, 0.1) is 11.4 Å². The molecule has 1 aliphatic carbocycles. The summed E-state index contributed by atoms with van der Waals surface area (Å²) in [6.07, 6.45) is 9.23. The van der Waals surface area contributed by atoms with Gasteiger partial charge in [0.25, 0.3) is 0 Å². The number of anilines is 2. The van der Waals surface area contributed by atoms with Crippen molar-refractivity contribution >= 4 is 35.1 Å². The van der Waals surface area contributed by atoms with E-state index in [4.69, 9.17) is 5.11 Å². The van der Waals surface area contributed by atoms with E-state index in [-0.39, 0.29) is 29.5 Å². The molecule has 0 spiro atoms. The fourth-order valence-corrected chi connectivity index (χ4v) is 7.67. The average Bonchev–Trinajstić information content (AvgIpc) is 2.83. The summed E-state index contributed by atoms with van der Waals surface area (Å²) in [5, 5.41) is 21.1. The molecule has 7 atom stereocenters. The van der Waals surface area contributed by atoms with E-state index >= 15 is 0 Å². The van der Waals surface area contributed by atoms with Crippen LogP contribution in [0, 0.1) is 17.8 Å². The molecule has 1 saturated carbocycles. The molecule has 3 fully saturated rings. The number of carbonyl (C=O) groups excluding carboxylic acids is 2. The van der Waals surface area contributed by atoms with E-state index in [2.05, 4.69) is 31.0 Å². The molecule has 2 aliphatic heterocycles. The minimum Gasteiger partial charge on any atom is -0.474 e. The minimum atomic E-state index is -1.66. The van der Waals surface area contributed by atoms with E-state index in [1.54, 1.807) is 18.2 Å². The Balaban J connectivity index is 1.63. The standard InChI is InChI=1S/C29H41N3O6/c1-17-11-18(2)13-22(14-19(3)12-17)31-20-7-6-8-21(31)16-23(15-20)32(27(34)29(37)38)25-10-5-4-9-24(25)30-26(33)28(35)36/h4-5,9-10,17-23H,6-8,11-16H2,1-3H3,(H,30,33)(H,35,36)(H,37,38)/t17-,18+,19-,20-,21+,22+,23+. The topological polar surface area (TPSA) is 127 Å². The van der Waals surface area contributed by atoms with Crippen molar-refractivity contribution < 1.29 is 29.4 Å². The van der Waals surface area contributed by atoms with Gasteiger partial charge in [0.1, 0.15) is 0 Å². The van der Waals surface area contributed by atoms with Gasteiger partial charge in [-0.2, -0.15) is 0 Å². The van der Waals surface area contributed by atoms with Crippen LogP contribution in [0.3, 0.4) is 0 Å². The van der Waals surface area contributed by atoms with Crippen molar-refractivity contribution in [2.45, 2.75) is 103 Å². The third-order valence-electron chi connectivity index (χ3n) is 8.76. The number of nitrogens with zero attached hydrogens (tertiary/aromatic N) is 2. The van der Waals surface area contributed by atoms with Crippen LogP contribution < -0.4 is 10.2 Å². The first kappa shape index (κ1) is 28.1. The largest absolute Gasteiger partial charge is 0.474 e. The summed E-state index contributed by atoms with van der Waals surface area (Å²) in [4.78, 5) is 52.1. The number of carbonyl (C=O) groups is 4. The lowest BCUT2D eigenvalue weighted by atomic mass is 9.75. The summed E-state index contributed by atoms with van der Waals surface area (Å²) >= 11 is 0. The van der Waals surface area contributed by atoms with E-state index < -0.39 is 23.8 Å². The number of amides is 2. The SMILES string of the molecule is C[C@H]1C[C@@H](C)C[C@@H](N2[C@@H]3CCC[C@H]2C[C@@H](N(C(=O)C(=O)O)c2ccccc2NC(=O)C(=O)O)C3)C[C@@H](C)C1. The predicted octanol–water partition coefficient (Wildman–Crippen LogP) is 4.36. The highest BCUT2D eigenvalue weighted by atomic mass is 16.4. The normalized spacial score (nSPS) is 31.9. The number of carboxylic acids is 2. The van der Waals surface area contributed by atoms with E-state index in [9.17, 15) is 24.3 Å². The summed E-state index contributed by atoms with van der Waals surface area (Å²) in [6, 6.07) is 6.94. The molecule has 9 heteroatoms. The monoisotopic (exact) mass is 527 g/mol. The molecular formula is C29H41N3O6. The quantitative estimate of drug-likeness (QED) is 0.496. The fraction of sp³-hybridized carbons (Fsp3) is 0.655. The van der Waals surface area contributed by atoms with Crippen LogP contribution in [0.4, 0.5) is 11.4 Å². The van der Waals surface area contributed by atoms with Crippen LogP contribution in [0.1, 0.15) is 78.6 Å². The number of benzene rings is 1. The molecule has 1 aromatic rings. The van der Waals surface area contributed by atoms with Crippen LogP contribution in [-0.4, -0.2) is 63.0 Å². The molecule has 38 heavy (non-hydrogen) atoms. The molecule has 4 rings (SSSR count). The van der Waals surface area contributed by atoms with Gasteiger partial charge in [0.15, 0.2) is 0 Å². The lowest BCUT2D eigenvalue weighted by Crippen LogP contribution is -2.61. The number of fused-ring (bicyclic) bond motifs is 2. The molecule has 2 amide bonds. The molecule has 1 aromatic carbocycles. The summed E-state index contributed by atoms with van der Waals surface area (Å²) < 4.78 is 0. The molecule has 3 N–H and O–H groups in total. The van der Waals surface area contributed by atoms with Crippen molar-refractivity contribution in [1.29, 1.82) is 0 Å². The van der Waals surface area contributed by atoms with Crippen LogP contribution in [0.15, 0.2) is 24.3 Å². The van der Waals surface area contributed by atoms with Gasteiger partial charge >= 0.3 is 23.8 Å². The molecule has 3 aliphatic rings. The summed E-state index contributed by atoms with van der Waals surface area (Å²) in [5.41, 5.74) is 0.326. The number of hydrogen-bond acceptors (Lipinski definition) is 5. The maximum Gasteiger partial charge on any atom is 0.394 e. The van der Waals surface area contributed by atoms with Gasteiger partial charge in [0, 0.05) is 24.2 Å². The maximum absolute atomic E-state index is 13.1. The van der Waals surface area contributed by atoms with Gasteiger partial charge in [0.2, 0.25) is 0 Å². The summed E-state index contributed by atoms with van der Waals surface area (Å²) in [7, 11) is 0. The number of nitrogens with one attached hydrogen (secondary N) is 1. The van der Waals surface area contributed by atoms with Gasteiger partial charge < -0.3 is 15.5 Å². The Bertz CT molecular complexity index is 1030. The van der Waals surface area contributed by atoms with Crippen LogP contribution in [0.2, 0.25) is 0 Å². The average molecular weight is 528 g/mol. The number of piperidine rings is 2. The molecule has 9 nitrogen and oxygen atoms in total.